The Labute approximate surface area is 206 Å². The molecule has 1 aliphatic rings. The number of halogens is 2. The van der Waals surface area contributed by atoms with Gasteiger partial charge in [0, 0.05) is 0 Å². The molecule has 0 bridgehead atoms. The number of hydrogen-bond donors (Lipinski definition) is 1. The van der Waals surface area contributed by atoms with Crippen LogP contribution in [-0.2, 0) is 26.0 Å². The Hall–Kier alpha value is -1.45. The third-order valence-corrected chi connectivity index (χ3v) is 25.0. The Morgan fingerprint density at radius 2 is 1.42 bits per heavy atom. The van der Waals surface area contributed by atoms with Crippen molar-refractivity contribution in [1.29, 1.82) is 0 Å². The fourth-order valence-electron chi connectivity index (χ4n) is 4.14. The number of allylic oxidation sites excluding steroid dienone is 1. The van der Waals surface area contributed by atoms with Gasteiger partial charge in [-0.05, 0) is 0 Å². The van der Waals surface area contributed by atoms with Crippen molar-refractivity contribution in [2.45, 2.75) is 23.4 Å². The Bertz CT molecular complexity index is 961. The molecule has 0 aromatic heterocycles. The molecule has 3 aromatic carbocycles. The number of hydrogen-bond acceptors (Lipinski definition) is 1. The maximum absolute atomic E-state index is 12.8. The molecule has 0 saturated heterocycles. The smallest absolute Gasteiger partial charge is 1.00 e. The molecule has 31 heavy (non-hydrogen) atoms. The fraction of sp³-hybridized carbons (Fsp3) is 0.160. The van der Waals surface area contributed by atoms with Gasteiger partial charge in [0.1, 0.15) is 0 Å². The van der Waals surface area contributed by atoms with Gasteiger partial charge in [0.25, 0.3) is 0 Å². The normalized spacial score (nSPS) is 13.7. The summed E-state index contributed by atoms with van der Waals surface area (Å²) >= 11 is -2.48. The second-order valence-electron chi connectivity index (χ2n) is 7.47. The van der Waals surface area contributed by atoms with E-state index in [-0.39, 0.29) is 30.7 Å². The zero-order valence-corrected chi connectivity index (χ0v) is 22.6. The van der Waals surface area contributed by atoms with Crippen LogP contribution in [0.5, 0.6) is 0 Å². The van der Waals surface area contributed by atoms with E-state index in [0.29, 0.717) is 10.0 Å². The third kappa shape index (κ3) is 6.08. The van der Waals surface area contributed by atoms with Crippen molar-refractivity contribution in [3.63, 3.8) is 0 Å². The molecule has 2 nitrogen and oxygen atoms in total. The van der Waals surface area contributed by atoms with E-state index < -0.39 is 27.1 Å². The minimum Gasteiger partial charge on any atom is -1.00 e. The summed E-state index contributed by atoms with van der Waals surface area (Å²) in [5, 5.41) is 2.89. The van der Waals surface area contributed by atoms with E-state index in [4.69, 9.17) is 0 Å². The molecule has 0 saturated carbocycles. The summed E-state index contributed by atoms with van der Waals surface area (Å²) in [7, 11) is 0. The molecule has 0 heterocycles. The number of amides is 1. The molecular formula is C25H26Cl2NOSiZr. The molecule has 1 aliphatic carbocycles. The standard InChI is InChI=1S/C12H11Si.C9H7.C4H9NO.2ClH.Zr/c1-3-7-11(8-4-1)13-12-9-5-2-6-10-12;1-2-5-9-7-3-6-8(9)4-1;1-2-3-4(5)6;;;/h1-10,13H;1-7H;2-3H2,1H3,(H2,5,6);2*1H;/q;;;;;+3/p-3. The van der Waals surface area contributed by atoms with Crippen molar-refractivity contribution < 1.29 is 50.8 Å². The molecule has 1 atom stereocenters. The SMILES string of the molecule is CCCC(=O)[NH][Zr+2]([CH]1C=Cc2ccccc21)[SiH](c1ccccc1)c1ccccc1.[Cl-].[Cl-]. The first-order chi connectivity index (χ1) is 14.3. The zero-order valence-electron chi connectivity index (χ0n) is 17.5. The van der Waals surface area contributed by atoms with Crippen LogP contribution in [-0.4, -0.2) is 11.8 Å². The third-order valence-electron chi connectivity index (χ3n) is 5.47. The molecule has 1 amide bonds. The van der Waals surface area contributed by atoms with Gasteiger partial charge < -0.3 is 24.8 Å². The summed E-state index contributed by atoms with van der Waals surface area (Å²) in [6.45, 7) is 2.08. The average molecular weight is 547 g/mol. The molecule has 0 spiro atoms. The molecule has 4 rings (SSSR count). The van der Waals surface area contributed by atoms with Crippen LogP contribution in [0.1, 0.15) is 34.5 Å². The van der Waals surface area contributed by atoms with Crippen molar-refractivity contribution in [2.24, 2.45) is 0 Å². The average Bonchev–Trinajstić information content (AvgIpc) is 3.19. The van der Waals surface area contributed by atoms with Crippen LogP contribution in [0.4, 0.5) is 0 Å². The summed E-state index contributed by atoms with van der Waals surface area (Å²) in [6.07, 6.45) is 6.14. The maximum Gasteiger partial charge on any atom is -1.00 e. The minimum absolute atomic E-state index is 0. The number of carbonyl (C=O) groups is 1. The van der Waals surface area contributed by atoms with Gasteiger partial charge in [-0.2, -0.15) is 0 Å². The summed E-state index contributed by atoms with van der Waals surface area (Å²) in [4.78, 5) is 12.8. The zero-order chi connectivity index (χ0) is 20.1. The molecule has 0 radical (unpaired) electrons. The first-order valence-electron chi connectivity index (χ1n) is 10.3. The van der Waals surface area contributed by atoms with Crippen LogP contribution in [0.3, 0.4) is 0 Å². The van der Waals surface area contributed by atoms with E-state index in [2.05, 4.69) is 107 Å². The van der Waals surface area contributed by atoms with E-state index in [1.807, 2.05) is 0 Å². The van der Waals surface area contributed by atoms with Gasteiger partial charge >= 0.3 is 183 Å². The summed E-state index contributed by atoms with van der Waals surface area (Å²) in [5.74, 6) is -1.31. The molecule has 6 heteroatoms. The van der Waals surface area contributed by atoms with E-state index in [1.165, 1.54) is 21.5 Å². The van der Waals surface area contributed by atoms with Crippen molar-refractivity contribution in [3.05, 3.63) is 102 Å². The molecule has 1 unspecified atom stereocenters. The van der Waals surface area contributed by atoms with Crippen LogP contribution in [0.15, 0.2) is 91.0 Å². The van der Waals surface area contributed by atoms with Gasteiger partial charge in [-0.1, -0.05) is 0 Å². The summed E-state index contributed by atoms with van der Waals surface area (Å²) < 4.78 is 4.06. The van der Waals surface area contributed by atoms with Crippen molar-refractivity contribution in [2.75, 3.05) is 0 Å². The topological polar surface area (TPSA) is 29.1 Å². The Balaban J connectivity index is 0.00000171. The number of carbonyl (C=O) groups excluding carboxylic acids is 1. The number of rotatable bonds is 7. The number of nitrogens with one attached hydrogen (secondary N) is 1. The Kier molecular flexibility index (Phi) is 10.4. The van der Waals surface area contributed by atoms with Gasteiger partial charge in [0.2, 0.25) is 0 Å². The second-order valence-corrected chi connectivity index (χ2v) is 22.0. The van der Waals surface area contributed by atoms with Gasteiger partial charge in [-0.25, -0.2) is 0 Å². The van der Waals surface area contributed by atoms with Crippen LogP contribution in [0, 0.1) is 0 Å². The molecule has 0 fully saturated rings. The van der Waals surface area contributed by atoms with E-state index in [0.717, 1.165) is 6.42 Å². The van der Waals surface area contributed by atoms with E-state index >= 15 is 0 Å². The summed E-state index contributed by atoms with van der Waals surface area (Å²) in [6, 6.07) is 30.6. The maximum atomic E-state index is 12.8. The first-order valence-corrected chi connectivity index (χ1v) is 18.9. The predicted molar refractivity (Wildman–Crippen MR) is 121 cm³/mol. The minimum atomic E-state index is -2.48. The number of benzene rings is 3. The van der Waals surface area contributed by atoms with Crippen LogP contribution >= 0.6 is 0 Å². The molecular weight excluding hydrogens is 520 g/mol. The quantitative estimate of drug-likeness (QED) is 0.334. The van der Waals surface area contributed by atoms with Crippen LogP contribution in [0.2, 0.25) is 0 Å². The van der Waals surface area contributed by atoms with Crippen molar-refractivity contribution in [3.8, 4) is 0 Å². The number of fused-ring (bicyclic) bond motifs is 1. The van der Waals surface area contributed by atoms with Gasteiger partial charge in [0.05, 0.1) is 0 Å². The Morgan fingerprint density at radius 3 is 2.00 bits per heavy atom. The van der Waals surface area contributed by atoms with Gasteiger partial charge in [-0.15, -0.1) is 0 Å². The second kappa shape index (κ2) is 12.6. The van der Waals surface area contributed by atoms with E-state index in [1.54, 1.807) is 0 Å². The van der Waals surface area contributed by atoms with Crippen molar-refractivity contribution in [1.82, 2.24) is 3.26 Å². The van der Waals surface area contributed by atoms with Crippen molar-refractivity contribution >= 4 is 28.3 Å². The molecule has 0 aliphatic heterocycles. The molecule has 3 aromatic rings. The molecule has 159 valence electrons. The van der Waals surface area contributed by atoms with Gasteiger partial charge in [0.15, 0.2) is 0 Å². The van der Waals surface area contributed by atoms with Crippen LogP contribution < -0.4 is 38.4 Å². The summed E-state index contributed by atoms with van der Waals surface area (Å²) in [5.41, 5.74) is 2.72. The first kappa shape index (κ1) is 25.8. The predicted octanol–water partition coefficient (Wildman–Crippen LogP) is -2.25. The van der Waals surface area contributed by atoms with Gasteiger partial charge in [-0.3, -0.25) is 0 Å². The monoisotopic (exact) mass is 544 g/mol. The van der Waals surface area contributed by atoms with Crippen LogP contribution in [0.25, 0.3) is 6.08 Å². The molecule has 1 N–H and O–H groups in total. The largest absolute Gasteiger partial charge is 1.00 e. The fourth-order valence-corrected chi connectivity index (χ4v) is 25.2. The Morgan fingerprint density at radius 1 is 0.871 bits per heavy atom. The van der Waals surface area contributed by atoms with E-state index in [9.17, 15) is 4.79 Å².